The van der Waals surface area contributed by atoms with E-state index in [-0.39, 0.29) is 16.9 Å². The fourth-order valence-electron chi connectivity index (χ4n) is 1.80. The van der Waals surface area contributed by atoms with Crippen molar-refractivity contribution in [3.8, 4) is 0 Å². The number of aromatic nitrogens is 2. The van der Waals surface area contributed by atoms with Crippen LogP contribution in [0.15, 0.2) is 23.0 Å². The lowest BCUT2D eigenvalue weighted by Gasteiger charge is -2.01. The predicted octanol–water partition coefficient (Wildman–Crippen LogP) is 2.65. The number of carbonyl (C=O) groups excluding carboxylic acids is 1. The molecule has 0 atom stereocenters. The van der Waals surface area contributed by atoms with Crippen molar-refractivity contribution in [2.45, 2.75) is 20.8 Å². The lowest BCUT2D eigenvalue weighted by Crippen LogP contribution is -2.21. The molecule has 0 saturated heterocycles. The molecule has 2 heterocycles. The number of hydrogen-bond acceptors (Lipinski definition) is 4. The Labute approximate surface area is 114 Å². The van der Waals surface area contributed by atoms with E-state index in [1.54, 1.807) is 31.3 Å². The SMILES string of the molecule is Cc1nc(C)c(C(=O)/C=C/c2ccc(C)s2)c(=O)[nH]1. The van der Waals surface area contributed by atoms with Gasteiger partial charge in [0.25, 0.3) is 5.56 Å². The van der Waals surface area contributed by atoms with Crippen LogP contribution in [0, 0.1) is 20.8 Å². The number of nitrogens with zero attached hydrogens (tertiary/aromatic N) is 1. The van der Waals surface area contributed by atoms with Crippen LogP contribution in [0.1, 0.15) is 31.6 Å². The smallest absolute Gasteiger partial charge is 0.262 e. The van der Waals surface area contributed by atoms with Gasteiger partial charge in [-0.15, -0.1) is 11.3 Å². The number of rotatable bonds is 3. The van der Waals surface area contributed by atoms with Gasteiger partial charge in [0.1, 0.15) is 11.4 Å². The molecule has 1 N–H and O–H groups in total. The molecule has 0 aliphatic heterocycles. The Hall–Kier alpha value is -2.01. The Morgan fingerprint density at radius 3 is 2.63 bits per heavy atom. The van der Waals surface area contributed by atoms with Gasteiger partial charge < -0.3 is 4.98 Å². The van der Waals surface area contributed by atoms with E-state index in [2.05, 4.69) is 9.97 Å². The van der Waals surface area contributed by atoms with Crippen molar-refractivity contribution < 1.29 is 4.79 Å². The Morgan fingerprint density at radius 2 is 2.05 bits per heavy atom. The second-order valence-electron chi connectivity index (χ2n) is 4.26. The highest BCUT2D eigenvalue weighted by Crippen LogP contribution is 2.16. The van der Waals surface area contributed by atoms with Crippen LogP contribution in [-0.2, 0) is 0 Å². The number of ketones is 1. The lowest BCUT2D eigenvalue weighted by atomic mass is 10.1. The van der Waals surface area contributed by atoms with Crippen LogP contribution in [0.5, 0.6) is 0 Å². The molecule has 2 rings (SSSR count). The summed E-state index contributed by atoms with van der Waals surface area (Å²) in [7, 11) is 0. The molecule has 98 valence electrons. The largest absolute Gasteiger partial charge is 0.310 e. The number of H-pyrrole nitrogens is 1. The number of aryl methyl sites for hydroxylation is 3. The molecule has 4 nitrogen and oxygen atoms in total. The van der Waals surface area contributed by atoms with Crippen molar-refractivity contribution >= 4 is 23.2 Å². The molecule has 0 spiro atoms. The second-order valence-corrected chi connectivity index (χ2v) is 5.58. The van der Waals surface area contributed by atoms with Crippen molar-refractivity contribution in [3.63, 3.8) is 0 Å². The highest BCUT2D eigenvalue weighted by molar-refractivity contribution is 7.12. The maximum atomic E-state index is 12.0. The third-order valence-electron chi connectivity index (χ3n) is 2.63. The number of thiophene rings is 1. The Morgan fingerprint density at radius 1 is 1.32 bits per heavy atom. The first-order chi connectivity index (χ1) is 8.97. The number of nitrogens with one attached hydrogen (secondary N) is 1. The molecule has 0 radical (unpaired) electrons. The van der Waals surface area contributed by atoms with Gasteiger partial charge in [-0.05, 0) is 45.1 Å². The second kappa shape index (κ2) is 5.32. The summed E-state index contributed by atoms with van der Waals surface area (Å²) in [6.45, 7) is 5.36. The molecular formula is C14H14N2O2S. The van der Waals surface area contributed by atoms with Crippen molar-refractivity contribution in [2.75, 3.05) is 0 Å². The predicted molar refractivity (Wildman–Crippen MR) is 76.8 cm³/mol. The van der Waals surface area contributed by atoms with Crippen molar-refractivity contribution in [1.82, 2.24) is 9.97 Å². The van der Waals surface area contributed by atoms with E-state index in [4.69, 9.17) is 0 Å². The van der Waals surface area contributed by atoms with Crippen LogP contribution >= 0.6 is 11.3 Å². The normalized spacial score (nSPS) is 11.1. The number of aromatic amines is 1. The fourth-order valence-corrected chi connectivity index (χ4v) is 2.58. The van der Waals surface area contributed by atoms with Crippen molar-refractivity contribution in [1.29, 1.82) is 0 Å². The molecule has 0 aliphatic rings. The Balaban J connectivity index is 2.31. The van der Waals surface area contributed by atoms with Crippen LogP contribution in [0.3, 0.4) is 0 Å². The fraction of sp³-hybridized carbons (Fsp3) is 0.214. The van der Waals surface area contributed by atoms with Crippen molar-refractivity contribution in [2.24, 2.45) is 0 Å². The maximum absolute atomic E-state index is 12.0. The standard InChI is InChI=1S/C14H14N2O2S/c1-8-4-5-11(19-8)6-7-12(17)13-9(2)15-10(3)16-14(13)18/h4-7H,1-3H3,(H,15,16,18)/b7-6+. The van der Waals surface area contributed by atoms with Gasteiger partial charge in [0.2, 0.25) is 0 Å². The first-order valence-corrected chi connectivity index (χ1v) is 6.65. The van der Waals surface area contributed by atoms with Crippen LogP contribution in [0.2, 0.25) is 0 Å². The monoisotopic (exact) mass is 274 g/mol. The molecule has 0 unspecified atom stereocenters. The molecule has 0 amide bonds. The third-order valence-corrected chi connectivity index (χ3v) is 3.59. The third kappa shape index (κ3) is 3.06. The molecule has 0 bridgehead atoms. The number of carbonyl (C=O) groups is 1. The van der Waals surface area contributed by atoms with E-state index >= 15 is 0 Å². The Bertz CT molecular complexity index is 710. The first kappa shape index (κ1) is 13.4. The summed E-state index contributed by atoms with van der Waals surface area (Å²) in [5, 5.41) is 0. The molecular weight excluding hydrogens is 260 g/mol. The molecule has 0 aliphatic carbocycles. The van der Waals surface area contributed by atoms with Crippen LogP contribution < -0.4 is 5.56 Å². The van der Waals surface area contributed by atoms with Gasteiger partial charge in [0.15, 0.2) is 5.78 Å². The zero-order valence-corrected chi connectivity index (χ0v) is 11.8. The van der Waals surface area contributed by atoms with Crippen LogP contribution in [0.25, 0.3) is 6.08 Å². The molecule has 0 saturated carbocycles. The molecule has 0 aromatic carbocycles. The van der Waals surface area contributed by atoms with Gasteiger partial charge in [0.05, 0.1) is 5.69 Å². The number of hydrogen-bond donors (Lipinski definition) is 1. The van der Waals surface area contributed by atoms with E-state index in [9.17, 15) is 9.59 Å². The Kier molecular flexibility index (Phi) is 3.76. The molecule has 5 heteroatoms. The molecule has 0 fully saturated rings. The summed E-state index contributed by atoms with van der Waals surface area (Å²) < 4.78 is 0. The first-order valence-electron chi connectivity index (χ1n) is 5.84. The zero-order chi connectivity index (χ0) is 14.0. The quantitative estimate of drug-likeness (QED) is 0.691. The molecule has 2 aromatic heterocycles. The summed E-state index contributed by atoms with van der Waals surface area (Å²) in [4.78, 5) is 32.6. The van der Waals surface area contributed by atoms with Gasteiger partial charge in [-0.3, -0.25) is 9.59 Å². The van der Waals surface area contributed by atoms with Crippen LogP contribution in [0.4, 0.5) is 0 Å². The maximum Gasteiger partial charge on any atom is 0.262 e. The minimum Gasteiger partial charge on any atom is -0.310 e. The van der Waals surface area contributed by atoms with Crippen molar-refractivity contribution in [3.05, 3.63) is 55.4 Å². The summed E-state index contributed by atoms with van der Waals surface area (Å²) >= 11 is 1.60. The van der Waals surface area contributed by atoms with E-state index in [1.807, 2.05) is 19.1 Å². The van der Waals surface area contributed by atoms with E-state index in [0.29, 0.717) is 11.5 Å². The van der Waals surface area contributed by atoms with Gasteiger partial charge in [-0.1, -0.05) is 0 Å². The average molecular weight is 274 g/mol. The summed E-state index contributed by atoms with van der Waals surface area (Å²) in [5.41, 5.74) is 0.176. The van der Waals surface area contributed by atoms with Gasteiger partial charge in [0, 0.05) is 9.75 Å². The summed E-state index contributed by atoms with van der Waals surface area (Å²) in [6.07, 6.45) is 3.14. The summed E-state index contributed by atoms with van der Waals surface area (Å²) in [6, 6.07) is 3.93. The highest BCUT2D eigenvalue weighted by Gasteiger charge is 2.12. The minimum absolute atomic E-state index is 0.107. The van der Waals surface area contributed by atoms with Gasteiger partial charge >= 0.3 is 0 Å². The van der Waals surface area contributed by atoms with Gasteiger partial charge in [-0.2, -0.15) is 0 Å². The highest BCUT2D eigenvalue weighted by atomic mass is 32.1. The zero-order valence-electron chi connectivity index (χ0n) is 11.0. The van der Waals surface area contributed by atoms with Crippen LogP contribution in [-0.4, -0.2) is 15.8 Å². The minimum atomic E-state index is -0.387. The molecule has 2 aromatic rings. The summed E-state index contributed by atoms with van der Waals surface area (Å²) in [5.74, 6) is 0.189. The van der Waals surface area contributed by atoms with Gasteiger partial charge in [-0.25, -0.2) is 4.98 Å². The average Bonchev–Trinajstić information content (AvgIpc) is 2.71. The van der Waals surface area contributed by atoms with E-state index in [0.717, 1.165) is 4.88 Å². The topological polar surface area (TPSA) is 62.8 Å². The lowest BCUT2D eigenvalue weighted by molar-refractivity contribution is 0.104. The molecule has 19 heavy (non-hydrogen) atoms. The van der Waals surface area contributed by atoms with E-state index in [1.165, 1.54) is 11.0 Å². The number of allylic oxidation sites excluding steroid dienone is 1. The van der Waals surface area contributed by atoms with E-state index < -0.39 is 0 Å².